The molecular weight excluding hydrogens is 560 g/mol. The normalized spacial score (nSPS) is 21.9. The van der Waals surface area contributed by atoms with Crippen LogP contribution < -0.4 is 0 Å². The number of ether oxygens (including phenoxy) is 2. The van der Waals surface area contributed by atoms with Gasteiger partial charge in [-0.1, -0.05) is 145 Å². The molecule has 0 aromatic carbocycles. The minimum atomic E-state index is -0.292. The zero-order valence-electron chi connectivity index (χ0n) is 30.8. The average molecular weight is 637 g/mol. The van der Waals surface area contributed by atoms with Crippen LogP contribution in [0.1, 0.15) is 200 Å². The van der Waals surface area contributed by atoms with Gasteiger partial charge in [0.1, 0.15) is 0 Å². The van der Waals surface area contributed by atoms with Crippen LogP contribution in [0, 0.1) is 0 Å². The van der Waals surface area contributed by atoms with E-state index in [-0.39, 0.29) is 5.79 Å². The van der Waals surface area contributed by atoms with Crippen molar-refractivity contribution in [3.63, 3.8) is 0 Å². The summed E-state index contributed by atoms with van der Waals surface area (Å²) in [6.45, 7) is 4.56. The van der Waals surface area contributed by atoms with Gasteiger partial charge in [0, 0.05) is 12.8 Å². The molecule has 0 spiro atoms. The van der Waals surface area contributed by atoms with E-state index in [0.717, 1.165) is 32.1 Å². The molecule has 0 amide bonds. The van der Waals surface area contributed by atoms with Crippen molar-refractivity contribution in [1.82, 2.24) is 0 Å². The molecule has 2 unspecified atom stereocenters. The molecule has 2 rings (SSSR count). The van der Waals surface area contributed by atoms with Gasteiger partial charge in [-0.3, -0.25) is 0 Å². The second-order valence-electron chi connectivity index (χ2n) is 14.2. The first-order valence-electron chi connectivity index (χ1n) is 20.4. The van der Waals surface area contributed by atoms with Crippen LogP contribution >= 0.6 is 0 Å². The summed E-state index contributed by atoms with van der Waals surface area (Å²) < 4.78 is 13.3. The third kappa shape index (κ3) is 21.5. The number of allylic oxidation sites excluding steroid dienone is 10. The first-order chi connectivity index (χ1) is 22.8. The molecule has 2 atom stereocenters. The summed E-state index contributed by atoms with van der Waals surface area (Å²) in [7, 11) is 0. The van der Waals surface area contributed by atoms with E-state index in [9.17, 15) is 0 Å². The van der Waals surface area contributed by atoms with Gasteiger partial charge in [-0.05, 0) is 103 Å². The van der Waals surface area contributed by atoms with Crippen molar-refractivity contribution in [2.24, 2.45) is 0 Å². The summed E-state index contributed by atoms with van der Waals surface area (Å²) in [6.07, 6.45) is 60.8. The first kappa shape index (κ1) is 40.8. The van der Waals surface area contributed by atoms with Crippen LogP contribution in [0.15, 0.2) is 60.8 Å². The Labute approximate surface area is 287 Å². The highest BCUT2D eigenvalue weighted by Crippen LogP contribution is 2.43. The minimum Gasteiger partial charge on any atom is -0.344 e. The molecule has 2 aliphatic rings. The van der Waals surface area contributed by atoms with Crippen molar-refractivity contribution in [2.75, 3.05) is 0 Å². The molecule has 2 heteroatoms. The molecule has 0 N–H and O–H groups in total. The topological polar surface area (TPSA) is 18.5 Å². The van der Waals surface area contributed by atoms with Gasteiger partial charge in [-0.2, -0.15) is 0 Å². The Kier molecular flexibility index (Phi) is 26.4. The molecule has 0 radical (unpaired) electrons. The standard InChI is InChI=1S/C44H76O2/c1-3-5-7-9-11-13-15-17-19-21-22-24-26-28-30-32-34-36-41-44(45-42-38-37-39-43(42)46-44)40-35-33-31-29-27-25-23-20-18-16-14-12-10-8-6-4-2/h14-17,20-23,27,29,42-43H,3-13,18-19,24-26,28,30-41H2,1-2H3/b16-14-,17-15-,22-21-,23-20-,29-27-. The van der Waals surface area contributed by atoms with E-state index in [0.29, 0.717) is 12.2 Å². The predicted molar refractivity (Wildman–Crippen MR) is 203 cm³/mol. The van der Waals surface area contributed by atoms with Crippen molar-refractivity contribution in [1.29, 1.82) is 0 Å². The van der Waals surface area contributed by atoms with Crippen LogP contribution in [0.4, 0.5) is 0 Å². The third-order valence-corrected chi connectivity index (χ3v) is 9.83. The Bertz CT molecular complexity index is 806. The van der Waals surface area contributed by atoms with E-state index in [2.05, 4.69) is 74.6 Å². The smallest absolute Gasteiger partial charge is 0.169 e. The SMILES string of the molecule is CCCCCC/C=C\C/C=C\C/C=C\CCCCC1(CCCCCCCC/C=C\C/C=C\CCCCCCC)OC2CCCC2O1. The predicted octanol–water partition coefficient (Wildman–Crippen LogP) is 14.6. The van der Waals surface area contributed by atoms with Gasteiger partial charge in [0.15, 0.2) is 5.79 Å². The van der Waals surface area contributed by atoms with Crippen LogP contribution in [-0.4, -0.2) is 18.0 Å². The molecule has 1 heterocycles. The zero-order valence-corrected chi connectivity index (χ0v) is 30.8. The summed E-state index contributed by atoms with van der Waals surface area (Å²) in [5.74, 6) is -0.292. The second-order valence-corrected chi connectivity index (χ2v) is 14.2. The summed E-state index contributed by atoms with van der Waals surface area (Å²) >= 11 is 0. The average Bonchev–Trinajstić information content (AvgIpc) is 3.64. The number of rotatable bonds is 31. The van der Waals surface area contributed by atoms with Gasteiger partial charge in [-0.15, -0.1) is 0 Å². The highest BCUT2D eigenvalue weighted by atomic mass is 16.8. The minimum absolute atomic E-state index is 0.292. The monoisotopic (exact) mass is 637 g/mol. The molecule has 46 heavy (non-hydrogen) atoms. The first-order valence-corrected chi connectivity index (χ1v) is 20.4. The second kappa shape index (κ2) is 29.7. The summed E-state index contributed by atoms with van der Waals surface area (Å²) in [6, 6.07) is 0. The fraction of sp³-hybridized carbons (Fsp3) is 0.773. The van der Waals surface area contributed by atoms with Crippen LogP contribution in [0.25, 0.3) is 0 Å². The van der Waals surface area contributed by atoms with Crippen molar-refractivity contribution in [3.05, 3.63) is 60.8 Å². The van der Waals surface area contributed by atoms with Gasteiger partial charge in [0.25, 0.3) is 0 Å². The van der Waals surface area contributed by atoms with Gasteiger partial charge in [-0.25, -0.2) is 0 Å². The highest BCUT2D eigenvalue weighted by molar-refractivity contribution is 4.97. The number of hydrogen-bond acceptors (Lipinski definition) is 2. The molecule has 1 aliphatic carbocycles. The Hall–Kier alpha value is -1.38. The zero-order chi connectivity index (χ0) is 32.6. The highest BCUT2D eigenvalue weighted by Gasteiger charge is 2.48. The summed E-state index contributed by atoms with van der Waals surface area (Å²) in [4.78, 5) is 0. The maximum absolute atomic E-state index is 6.66. The lowest BCUT2D eigenvalue weighted by Crippen LogP contribution is -2.31. The molecule has 264 valence electrons. The molecule has 2 fully saturated rings. The van der Waals surface area contributed by atoms with Crippen molar-refractivity contribution in [3.8, 4) is 0 Å². The number of hydrogen-bond donors (Lipinski definition) is 0. The number of fused-ring (bicyclic) bond motifs is 1. The number of unbranched alkanes of at least 4 members (excludes halogenated alkanes) is 17. The van der Waals surface area contributed by atoms with E-state index in [1.165, 1.54) is 154 Å². The van der Waals surface area contributed by atoms with E-state index < -0.39 is 0 Å². The molecule has 1 saturated carbocycles. The fourth-order valence-corrected chi connectivity index (χ4v) is 6.96. The lowest BCUT2D eigenvalue weighted by atomic mass is 9.99. The van der Waals surface area contributed by atoms with Gasteiger partial charge < -0.3 is 9.47 Å². The van der Waals surface area contributed by atoms with Crippen molar-refractivity contribution >= 4 is 0 Å². The van der Waals surface area contributed by atoms with Crippen LogP contribution in [-0.2, 0) is 9.47 Å². The maximum atomic E-state index is 6.66. The lowest BCUT2D eigenvalue weighted by Gasteiger charge is -2.29. The van der Waals surface area contributed by atoms with Crippen molar-refractivity contribution in [2.45, 2.75) is 218 Å². The Morgan fingerprint density at radius 3 is 1.20 bits per heavy atom. The van der Waals surface area contributed by atoms with Gasteiger partial charge >= 0.3 is 0 Å². The van der Waals surface area contributed by atoms with E-state index in [4.69, 9.17) is 9.47 Å². The molecule has 1 aliphatic heterocycles. The maximum Gasteiger partial charge on any atom is 0.169 e. The Morgan fingerprint density at radius 2 is 0.739 bits per heavy atom. The quantitative estimate of drug-likeness (QED) is 0.0557. The van der Waals surface area contributed by atoms with Crippen LogP contribution in [0.2, 0.25) is 0 Å². The Balaban J connectivity index is 1.48. The summed E-state index contributed by atoms with van der Waals surface area (Å²) in [5.41, 5.74) is 0. The van der Waals surface area contributed by atoms with Gasteiger partial charge in [0.2, 0.25) is 0 Å². The van der Waals surface area contributed by atoms with E-state index >= 15 is 0 Å². The van der Waals surface area contributed by atoms with Crippen molar-refractivity contribution < 1.29 is 9.47 Å². The van der Waals surface area contributed by atoms with Crippen LogP contribution in [0.5, 0.6) is 0 Å². The molecule has 1 saturated heterocycles. The van der Waals surface area contributed by atoms with Gasteiger partial charge in [0.05, 0.1) is 12.2 Å². The largest absolute Gasteiger partial charge is 0.344 e. The van der Waals surface area contributed by atoms with E-state index in [1.54, 1.807) is 0 Å². The molecule has 2 nitrogen and oxygen atoms in total. The third-order valence-electron chi connectivity index (χ3n) is 9.83. The molecule has 0 aromatic heterocycles. The molecule has 0 aromatic rings. The van der Waals surface area contributed by atoms with E-state index in [1.807, 2.05) is 0 Å². The fourth-order valence-electron chi connectivity index (χ4n) is 6.96. The molecular formula is C44H76O2. The summed E-state index contributed by atoms with van der Waals surface area (Å²) in [5, 5.41) is 0. The van der Waals surface area contributed by atoms with Crippen LogP contribution in [0.3, 0.4) is 0 Å². The lowest BCUT2D eigenvalue weighted by molar-refractivity contribution is -0.190. The Morgan fingerprint density at radius 1 is 0.413 bits per heavy atom. The molecule has 0 bridgehead atoms.